The Kier molecular flexibility index (Phi) is 6.87. The summed E-state index contributed by atoms with van der Waals surface area (Å²) in [4.78, 5) is 11.6. The van der Waals surface area contributed by atoms with Gasteiger partial charge in [-0.1, -0.05) is 13.0 Å². The van der Waals surface area contributed by atoms with Crippen LogP contribution in [-0.4, -0.2) is 32.2 Å². The largest absolute Gasteiger partial charge is 0.493 e. The quantitative estimate of drug-likeness (QED) is 0.761. The van der Waals surface area contributed by atoms with Crippen molar-refractivity contribution in [1.29, 1.82) is 0 Å². The van der Waals surface area contributed by atoms with Gasteiger partial charge in [0.05, 0.1) is 7.11 Å². The van der Waals surface area contributed by atoms with Crippen molar-refractivity contribution in [3.63, 3.8) is 0 Å². The van der Waals surface area contributed by atoms with Crippen LogP contribution in [0.5, 0.6) is 11.5 Å². The molecule has 0 aliphatic heterocycles. The van der Waals surface area contributed by atoms with Crippen molar-refractivity contribution in [2.75, 3.05) is 20.3 Å². The number of methoxy groups -OCH3 is 1. The average Bonchev–Trinajstić information content (AvgIpc) is 2.42. The summed E-state index contributed by atoms with van der Waals surface area (Å²) in [5, 5.41) is 6.03. The van der Waals surface area contributed by atoms with E-state index in [-0.39, 0.29) is 18.6 Å². The molecular formula is C15H24N2O3. The van der Waals surface area contributed by atoms with Gasteiger partial charge in [-0.2, -0.15) is 0 Å². The number of hydrogen-bond acceptors (Lipinski definition) is 4. The van der Waals surface area contributed by atoms with E-state index in [4.69, 9.17) is 9.47 Å². The summed E-state index contributed by atoms with van der Waals surface area (Å²) < 4.78 is 10.8. The fourth-order valence-electron chi connectivity index (χ4n) is 1.72. The summed E-state index contributed by atoms with van der Waals surface area (Å²) >= 11 is 0. The zero-order valence-electron chi connectivity index (χ0n) is 12.7. The fourth-order valence-corrected chi connectivity index (χ4v) is 1.72. The van der Waals surface area contributed by atoms with Crippen LogP contribution in [0.3, 0.4) is 0 Å². The van der Waals surface area contributed by atoms with Crippen molar-refractivity contribution < 1.29 is 14.3 Å². The van der Waals surface area contributed by atoms with E-state index in [1.807, 2.05) is 32.0 Å². The Morgan fingerprint density at radius 2 is 2.05 bits per heavy atom. The third-order valence-corrected chi connectivity index (χ3v) is 2.62. The molecule has 0 saturated heterocycles. The zero-order valence-corrected chi connectivity index (χ0v) is 12.7. The SMILES string of the molecule is CCNCc1ccc(OC)c(OCC(=O)NC(C)C)c1. The maximum Gasteiger partial charge on any atom is 0.258 e. The van der Waals surface area contributed by atoms with Crippen molar-refractivity contribution in [2.45, 2.75) is 33.4 Å². The van der Waals surface area contributed by atoms with Crippen molar-refractivity contribution in [3.8, 4) is 11.5 Å². The zero-order chi connectivity index (χ0) is 15.0. The molecule has 5 heteroatoms. The molecule has 0 heterocycles. The number of carbonyl (C=O) groups excluding carboxylic acids is 1. The van der Waals surface area contributed by atoms with Crippen LogP contribution in [-0.2, 0) is 11.3 Å². The Labute approximate surface area is 120 Å². The lowest BCUT2D eigenvalue weighted by Crippen LogP contribution is -2.34. The number of amides is 1. The van der Waals surface area contributed by atoms with Crippen molar-refractivity contribution >= 4 is 5.91 Å². The van der Waals surface area contributed by atoms with Crippen molar-refractivity contribution in [1.82, 2.24) is 10.6 Å². The molecule has 0 atom stereocenters. The highest BCUT2D eigenvalue weighted by atomic mass is 16.5. The minimum absolute atomic E-state index is 0.0147. The van der Waals surface area contributed by atoms with Crippen LogP contribution in [0.4, 0.5) is 0 Å². The lowest BCUT2D eigenvalue weighted by atomic mass is 10.2. The van der Waals surface area contributed by atoms with Gasteiger partial charge in [-0.25, -0.2) is 0 Å². The highest BCUT2D eigenvalue weighted by Crippen LogP contribution is 2.27. The molecule has 0 saturated carbocycles. The van der Waals surface area contributed by atoms with Gasteiger partial charge in [0.25, 0.3) is 5.91 Å². The van der Waals surface area contributed by atoms with Crippen LogP contribution in [0.25, 0.3) is 0 Å². The molecule has 0 radical (unpaired) electrons. The van der Waals surface area contributed by atoms with Crippen molar-refractivity contribution in [3.05, 3.63) is 23.8 Å². The van der Waals surface area contributed by atoms with E-state index >= 15 is 0 Å². The Hall–Kier alpha value is -1.75. The molecule has 2 N–H and O–H groups in total. The maximum atomic E-state index is 11.6. The number of nitrogens with one attached hydrogen (secondary N) is 2. The number of benzene rings is 1. The summed E-state index contributed by atoms with van der Waals surface area (Å²) in [6.07, 6.45) is 0. The number of ether oxygens (including phenoxy) is 2. The number of hydrogen-bond donors (Lipinski definition) is 2. The summed E-state index contributed by atoms with van der Waals surface area (Å²) in [5.74, 6) is 1.07. The second kappa shape index (κ2) is 8.43. The standard InChI is InChI=1S/C15H24N2O3/c1-5-16-9-12-6-7-13(19-4)14(8-12)20-10-15(18)17-11(2)3/h6-8,11,16H,5,9-10H2,1-4H3,(H,17,18). The van der Waals surface area contributed by atoms with Gasteiger partial charge in [-0.15, -0.1) is 0 Å². The van der Waals surface area contributed by atoms with E-state index in [2.05, 4.69) is 17.6 Å². The molecule has 0 unspecified atom stereocenters. The van der Waals surface area contributed by atoms with Gasteiger partial charge in [-0.3, -0.25) is 4.79 Å². The maximum absolute atomic E-state index is 11.6. The first-order chi connectivity index (χ1) is 9.56. The summed E-state index contributed by atoms with van der Waals surface area (Å²) in [6.45, 7) is 7.52. The van der Waals surface area contributed by atoms with E-state index < -0.39 is 0 Å². The molecule has 0 aliphatic rings. The first kappa shape index (κ1) is 16.3. The molecule has 1 rings (SSSR count). The van der Waals surface area contributed by atoms with Gasteiger partial charge in [0, 0.05) is 12.6 Å². The Balaban J connectivity index is 2.68. The van der Waals surface area contributed by atoms with Gasteiger partial charge < -0.3 is 20.1 Å². The molecule has 1 aromatic rings. The first-order valence-corrected chi connectivity index (χ1v) is 6.86. The minimum atomic E-state index is -0.140. The molecule has 1 amide bonds. The summed E-state index contributed by atoms with van der Waals surface area (Å²) in [5.41, 5.74) is 1.09. The molecular weight excluding hydrogens is 256 g/mol. The lowest BCUT2D eigenvalue weighted by molar-refractivity contribution is -0.123. The van der Waals surface area contributed by atoms with Crippen LogP contribution in [0.15, 0.2) is 18.2 Å². The van der Waals surface area contributed by atoms with Gasteiger partial charge in [0.15, 0.2) is 18.1 Å². The molecule has 0 aromatic heterocycles. The van der Waals surface area contributed by atoms with Gasteiger partial charge in [-0.05, 0) is 38.1 Å². The molecule has 0 spiro atoms. The van der Waals surface area contributed by atoms with E-state index in [0.29, 0.717) is 11.5 Å². The van der Waals surface area contributed by atoms with Crippen LogP contribution in [0.1, 0.15) is 26.3 Å². The Morgan fingerprint density at radius 1 is 1.30 bits per heavy atom. The molecule has 5 nitrogen and oxygen atoms in total. The third kappa shape index (κ3) is 5.48. The smallest absolute Gasteiger partial charge is 0.258 e. The molecule has 1 aromatic carbocycles. The van der Waals surface area contributed by atoms with E-state index in [0.717, 1.165) is 18.7 Å². The second-order valence-corrected chi connectivity index (χ2v) is 4.78. The molecule has 20 heavy (non-hydrogen) atoms. The highest BCUT2D eigenvalue weighted by molar-refractivity contribution is 5.77. The Bertz CT molecular complexity index is 433. The fraction of sp³-hybridized carbons (Fsp3) is 0.533. The minimum Gasteiger partial charge on any atom is -0.493 e. The highest BCUT2D eigenvalue weighted by Gasteiger charge is 2.09. The Morgan fingerprint density at radius 3 is 2.65 bits per heavy atom. The summed E-state index contributed by atoms with van der Waals surface area (Å²) in [7, 11) is 1.58. The van der Waals surface area contributed by atoms with Crippen LogP contribution in [0.2, 0.25) is 0 Å². The number of carbonyl (C=O) groups is 1. The molecule has 0 fully saturated rings. The van der Waals surface area contributed by atoms with Crippen LogP contribution >= 0.6 is 0 Å². The van der Waals surface area contributed by atoms with Gasteiger partial charge in [0.2, 0.25) is 0 Å². The predicted molar refractivity (Wildman–Crippen MR) is 79.1 cm³/mol. The molecule has 0 bridgehead atoms. The normalized spacial score (nSPS) is 10.4. The van der Waals surface area contributed by atoms with E-state index in [1.54, 1.807) is 7.11 Å². The van der Waals surface area contributed by atoms with E-state index in [9.17, 15) is 4.79 Å². The predicted octanol–water partition coefficient (Wildman–Crippen LogP) is 1.71. The molecule has 0 aliphatic carbocycles. The number of rotatable bonds is 8. The topological polar surface area (TPSA) is 59.6 Å². The lowest BCUT2D eigenvalue weighted by Gasteiger charge is -2.13. The summed E-state index contributed by atoms with van der Waals surface area (Å²) in [6, 6.07) is 5.82. The van der Waals surface area contributed by atoms with Gasteiger partial charge >= 0.3 is 0 Å². The van der Waals surface area contributed by atoms with Crippen LogP contribution in [0, 0.1) is 0 Å². The third-order valence-electron chi connectivity index (χ3n) is 2.62. The molecule has 112 valence electrons. The first-order valence-electron chi connectivity index (χ1n) is 6.86. The second-order valence-electron chi connectivity index (χ2n) is 4.78. The van der Waals surface area contributed by atoms with E-state index in [1.165, 1.54) is 0 Å². The monoisotopic (exact) mass is 280 g/mol. The van der Waals surface area contributed by atoms with Crippen molar-refractivity contribution in [2.24, 2.45) is 0 Å². The van der Waals surface area contributed by atoms with Gasteiger partial charge in [0.1, 0.15) is 0 Å². The average molecular weight is 280 g/mol. The van der Waals surface area contributed by atoms with Crippen LogP contribution < -0.4 is 20.1 Å².